The first-order valence-corrected chi connectivity index (χ1v) is 10.7. The number of hydrogen-bond acceptors (Lipinski definition) is 5. The maximum atomic E-state index is 12.4. The van der Waals surface area contributed by atoms with Crippen molar-refractivity contribution in [3.63, 3.8) is 0 Å². The molecule has 0 saturated heterocycles. The number of tetrazole rings is 1. The Morgan fingerprint density at radius 1 is 1.14 bits per heavy atom. The standard InChI is InChI=1S/C21H21N5OS/c27-20(13-28-19-10-7-14-3-1-4-15(14)12-19)22-17-6-2-5-16(11-17)21-23-24-25-26(21)18-8-9-18/h2,5-7,10-12,18H,1,3-4,8-9,13H2,(H,22,27). The molecule has 1 fully saturated rings. The summed E-state index contributed by atoms with van der Waals surface area (Å²) in [6.07, 6.45) is 5.82. The molecular weight excluding hydrogens is 370 g/mol. The average Bonchev–Trinajstić information content (AvgIpc) is 3.25. The van der Waals surface area contributed by atoms with Crippen molar-refractivity contribution in [1.29, 1.82) is 0 Å². The van der Waals surface area contributed by atoms with Crippen molar-refractivity contribution in [2.45, 2.75) is 43.0 Å². The first-order chi connectivity index (χ1) is 13.8. The van der Waals surface area contributed by atoms with Gasteiger partial charge in [0.05, 0.1) is 11.8 Å². The lowest BCUT2D eigenvalue weighted by Gasteiger charge is -2.08. The third kappa shape index (κ3) is 3.67. The lowest BCUT2D eigenvalue weighted by Crippen LogP contribution is -2.14. The van der Waals surface area contributed by atoms with Gasteiger partial charge in [0, 0.05) is 16.1 Å². The van der Waals surface area contributed by atoms with Crippen molar-refractivity contribution in [2.24, 2.45) is 0 Å². The van der Waals surface area contributed by atoms with Crippen LogP contribution < -0.4 is 5.32 Å². The normalized spacial score (nSPS) is 15.4. The number of thioether (sulfide) groups is 1. The molecule has 2 aliphatic rings. The van der Waals surface area contributed by atoms with Gasteiger partial charge in [-0.2, -0.15) is 0 Å². The van der Waals surface area contributed by atoms with Gasteiger partial charge in [0.25, 0.3) is 0 Å². The van der Waals surface area contributed by atoms with E-state index in [4.69, 9.17) is 0 Å². The van der Waals surface area contributed by atoms with E-state index in [1.54, 1.807) is 11.8 Å². The number of carbonyl (C=O) groups is 1. The fourth-order valence-corrected chi connectivity index (χ4v) is 4.43. The highest BCUT2D eigenvalue weighted by Gasteiger charge is 2.28. The summed E-state index contributed by atoms with van der Waals surface area (Å²) < 4.78 is 1.88. The molecule has 0 spiro atoms. The predicted molar refractivity (Wildman–Crippen MR) is 109 cm³/mol. The monoisotopic (exact) mass is 391 g/mol. The Labute approximate surface area is 167 Å². The van der Waals surface area contributed by atoms with Crippen LogP contribution in [0.2, 0.25) is 0 Å². The number of hydrogen-bond donors (Lipinski definition) is 1. The van der Waals surface area contributed by atoms with Gasteiger partial charge < -0.3 is 5.32 Å². The Bertz CT molecular complexity index is 1030. The Hall–Kier alpha value is -2.67. The second-order valence-corrected chi connectivity index (χ2v) is 8.43. The minimum atomic E-state index is -0.00978. The zero-order valence-electron chi connectivity index (χ0n) is 15.5. The third-order valence-corrected chi connectivity index (χ3v) is 6.22. The molecule has 1 saturated carbocycles. The van der Waals surface area contributed by atoms with E-state index < -0.39 is 0 Å². The van der Waals surface area contributed by atoms with E-state index in [0.29, 0.717) is 11.8 Å². The molecule has 0 bridgehead atoms. The summed E-state index contributed by atoms with van der Waals surface area (Å²) in [4.78, 5) is 13.6. The number of aromatic nitrogens is 4. The van der Waals surface area contributed by atoms with Crippen LogP contribution in [0.4, 0.5) is 5.69 Å². The van der Waals surface area contributed by atoms with E-state index in [2.05, 4.69) is 39.0 Å². The Balaban J connectivity index is 1.23. The SMILES string of the molecule is O=C(CSc1ccc2c(c1)CCC2)Nc1cccc(-c2nnnn2C2CC2)c1. The molecule has 6 nitrogen and oxygen atoms in total. The van der Waals surface area contributed by atoms with E-state index in [1.807, 2.05) is 28.9 Å². The maximum absolute atomic E-state index is 12.4. The van der Waals surface area contributed by atoms with E-state index in [9.17, 15) is 4.79 Å². The van der Waals surface area contributed by atoms with Crippen LogP contribution >= 0.6 is 11.8 Å². The number of amides is 1. The number of nitrogens with one attached hydrogen (secondary N) is 1. The fourth-order valence-electron chi connectivity index (χ4n) is 3.67. The number of benzene rings is 2. The molecule has 1 aromatic heterocycles. The molecule has 2 aliphatic carbocycles. The molecule has 28 heavy (non-hydrogen) atoms. The summed E-state index contributed by atoms with van der Waals surface area (Å²) in [5, 5.41) is 15.1. The highest BCUT2D eigenvalue weighted by molar-refractivity contribution is 8.00. The molecular formula is C21H21N5OS. The average molecular weight is 392 g/mol. The topological polar surface area (TPSA) is 72.7 Å². The molecule has 1 N–H and O–H groups in total. The molecule has 3 aromatic rings. The van der Waals surface area contributed by atoms with Gasteiger partial charge in [-0.25, -0.2) is 4.68 Å². The van der Waals surface area contributed by atoms with E-state index in [1.165, 1.54) is 24.0 Å². The molecule has 2 aromatic carbocycles. The Kier molecular flexibility index (Phi) is 4.60. The van der Waals surface area contributed by atoms with Crippen molar-refractivity contribution in [3.05, 3.63) is 53.6 Å². The van der Waals surface area contributed by atoms with Crippen LogP contribution in [-0.4, -0.2) is 31.9 Å². The highest BCUT2D eigenvalue weighted by atomic mass is 32.2. The van der Waals surface area contributed by atoms with Gasteiger partial charge in [0.15, 0.2) is 5.82 Å². The minimum absolute atomic E-state index is 0.00978. The van der Waals surface area contributed by atoms with Gasteiger partial charge in [-0.15, -0.1) is 16.9 Å². The summed E-state index contributed by atoms with van der Waals surface area (Å²) in [5.41, 5.74) is 4.58. The van der Waals surface area contributed by atoms with Gasteiger partial charge in [-0.05, 0) is 77.9 Å². The van der Waals surface area contributed by atoms with Crippen LogP contribution in [0.3, 0.4) is 0 Å². The van der Waals surface area contributed by atoms with E-state index in [0.717, 1.165) is 41.2 Å². The van der Waals surface area contributed by atoms with Crippen molar-refractivity contribution in [1.82, 2.24) is 20.2 Å². The number of aryl methyl sites for hydroxylation is 2. The molecule has 1 heterocycles. The van der Waals surface area contributed by atoms with Crippen LogP contribution in [0.15, 0.2) is 47.4 Å². The van der Waals surface area contributed by atoms with Gasteiger partial charge in [-0.3, -0.25) is 4.79 Å². The number of carbonyl (C=O) groups excluding carboxylic acids is 1. The second-order valence-electron chi connectivity index (χ2n) is 7.38. The number of fused-ring (bicyclic) bond motifs is 1. The molecule has 0 radical (unpaired) electrons. The number of nitrogens with zero attached hydrogens (tertiary/aromatic N) is 4. The summed E-state index contributed by atoms with van der Waals surface area (Å²) in [6, 6.07) is 14.7. The smallest absolute Gasteiger partial charge is 0.234 e. The van der Waals surface area contributed by atoms with E-state index in [-0.39, 0.29) is 5.91 Å². The van der Waals surface area contributed by atoms with Crippen LogP contribution in [-0.2, 0) is 17.6 Å². The lowest BCUT2D eigenvalue weighted by molar-refractivity contribution is -0.113. The summed E-state index contributed by atoms with van der Waals surface area (Å²) in [7, 11) is 0. The zero-order chi connectivity index (χ0) is 18.9. The molecule has 0 aliphatic heterocycles. The van der Waals surface area contributed by atoms with Gasteiger partial charge in [0.2, 0.25) is 5.91 Å². The molecule has 1 amide bonds. The van der Waals surface area contributed by atoms with Crippen LogP contribution in [0.5, 0.6) is 0 Å². The third-order valence-electron chi connectivity index (χ3n) is 5.23. The summed E-state index contributed by atoms with van der Waals surface area (Å²) in [5.74, 6) is 1.14. The first-order valence-electron chi connectivity index (χ1n) is 9.69. The molecule has 0 atom stereocenters. The second kappa shape index (κ2) is 7.39. The van der Waals surface area contributed by atoms with Crippen molar-refractivity contribution >= 4 is 23.4 Å². The summed E-state index contributed by atoms with van der Waals surface area (Å²) in [6.45, 7) is 0. The van der Waals surface area contributed by atoms with Crippen LogP contribution in [0.25, 0.3) is 11.4 Å². The Morgan fingerprint density at radius 2 is 2.04 bits per heavy atom. The van der Waals surface area contributed by atoms with Gasteiger partial charge >= 0.3 is 0 Å². The van der Waals surface area contributed by atoms with Gasteiger partial charge in [-0.1, -0.05) is 18.2 Å². The fraction of sp³-hybridized carbons (Fsp3) is 0.333. The molecule has 7 heteroatoms. The maximum Gasteiger partial charge on any atom is 0.234 e. The molecule has 5 rings (SSSR count). The van der Waals surface area contributed by atoms with E-state index >= 15 is 0 Å². The molecule has 142 valence electrons. The largest absolute Gasteiger partial charge is 0.325 e. The van der Waals surface area contributed by atoms with Crippen molar-refractivity contribution in [2.75, 3.05) is 11.1 Å². The van der Waals surface area contributed by atoms with Crippen LogP contribution in [0, 0.1) is 0 Å². The van der Waals surface area contributed by atoms with Crippen molar-refractivity contribution in [3.8, 4) is 11.4 Å². The van der Waals surface area contributed by atoms with Crippen molar-refractivity contribution < 1.29 is 4.79 Å². The first kappa shape index (κ1) is 17.4. The number of rotatable bonds is 6. The predicted octanol–water partition coefficient (Wildman–Crippen LogP) is 3.89. The summed E-state index contributed by atoms with van der Waals surface area (Å²) >= 11 is 1.58. The van der Waals surface area contributed by atoms with Gasteiger partial charge in [0.1, 0.15) is 0 Å². The lowest BCUT2D eigenvalue weighted by atomic mass is 10.1. The Morgan fingerprint density at radius 3 is 2.93 bits per heavy atom. The quantitative estimate of drug-likeness (QED) is 0.645. The minimum Gasteiger partial charge on any atom is -0.325 e. The number of anilines is 1. The zero-order valence-corrected chi connectivity index (χ0v) is 16.3. The van der Waals surface area contributed by atoms with Crippen LogP contribution in [0.1, 0.15) is 36.4 Å². The highest BCUT2D eigenvalue weighted by Crippen LogP contribution is 2.36. The molecule has 0 unspecified atom stereocenters.